The average Bonchev–Trinajstić information content (AvgIpc) is 2.64. The highest BCUT2D eigenvalue weighted by molar-refractivity contribution is 5.89. The number of carbonyl (C=O) groups excluding carboxylic acids is 1. The molecule has 0 bridgehead atoms. The molecule has 1 aliphatic rings. The fourth-order valence-electron chi connectivity index (χ4n) is 3.97. The second-order valence-corrected chi connectivity index (χ2v) is 8.25. The van der Waals surface area contributed by atoms with Crippen LogP contribution < -0.4 is 0 Å². The second-order valence-electron chi connectivity index (χ2n) is 8.25. The molecule has 0 unspecified atom stereocenters. The number of aliphatic hydroxyl groups excluding tert-OH is 1. The number of hydrogen-bond acceptors (Lipinski definition) is 3. The SMILES string of the molecule is CCCCCCCCCCCCCCCCC[C@@H]1CC(O)=C(CC)C(=O)O1. The van der Waals surface area contributed by atoms with Crippen molar-refractivity contribution in [2.45, 2.75) is 136 Å². The molecule has 1 heterocycles. The zero-order chi connectivity index (χ0) is 19.7. The molecule has 3 nitrogen and oxygen atoms in total. The minimum atomic E-state index is -0.313. The van der Waals surface area contributed by atoms with Crippen LogP contribution in [0.4, 0.5) is 0 Å². The Hall–Kier alpha value is -0.990. The van der Waals surface area contributed by atoms with E-state index in [4.69, 9.17) is 4.74 Å². The molecule has 158 valence electrons. The van der Waals surface area contributed by atoms with Gasteiger partial charge in [0.15, 0.2) is 0 Å². The Balaban J connectivity index is 1.85. The van der Waals surface area contributed by atoms with Gasteiger partial charge in [0.05, 0.1) is 5.57 Å². The molecule has 3 heteroatoms. The van der Waals surface area contributed by atoms with Crippen molar-refractivity contribution >= 4 is 5.97 Å². The van der Waals surface area contributed by atoms with Gasteiger partial charge in [-0.1, -0.05) is 104 Å². The normalized spacial score (nSPS) is 17.4. The predicted octanol–water partition coefficient (Wildman–Crippen LogP) is 7.79. The maximum Gasteiger partial charge on any atom is 0.337 e. The summed E-state index contributed by atoms with van der Waals surface area (Å²) in [5, 5.41) is 9.91. The number of hydrogen-bond donors (Lipinski definition) is 1. The van der Waals surface area contributed by atoms with Crippen LogP contribution in [0.1, 0.15) is 129 Å². The molecule has 0 saturated heterocycles. The lowest BCUT2D eigenvalue weighted by Gasteiger charge is -2.24. The molecule has 1 atom stereocenters. The van der Waals surface area contributed by atoms with Gasteiger partial charge in [0.25, 0.3) is 0 Å². The largest absolute Gasteiger partial charge is 0.512 e. The first kappa shape index (κ1) is 24.0. The summed E-state index contributed by atoms with van der Waals surface area (Å²) in [5.74, 6) is -0.0630. The van der Waals surface area contributed by atoms with Crippen LogP contribution in [-0.2, 0) is 9.53 Å². The molecular formula is C24H44O3. The van der Waals surface area contributed by atoms with Crippen LogP contribution in [0.25, 0.3) is 0 Å². The fourth-order valence-corrected chi connectivity index (χ4v) is 3.97. The zero-order valence-corrected chi connectivity index (χ0v) is 18.1. The molecule has 0 spiro atoms. The van der Waals surface area contributed by atoms with E-state index in [0.29, 0.717) is 18.4 Å². The van der Waals surface area contributed by atoms with E-state index in [2.05, 4.69) is 6.92 Å². The standard InChI is InChI=1S/C24H44O3/c1-3-5-6-7-8-9-10-11-12-13-14-15-16-17-18-19-21-20-23(25)22(4-2)24(26)27-21/h21,25H,3-20H2,1-2H3/t21-/m1/s1. The van der Waals surface area contributed by atoms with Crippen molar-refractivity contribution in [2.24, 2.45) is 0 Å². The summed E-state index contributed by atoms with van der Waals surface area (Å²) >= 11 is 0. The molecule has 1 rings (SSSR count). The van der Waals surface area contributed by atoms with E-state index < -0.39 is 0 Å². The van der Waals surface area contributed by atoms with Gasteiger partial charge in [0.1, 0.15) is 11.9 Å². The lowest BCUT2D eigenvalue weighted by atomic mass is 9.99. The number of aliphatic hydroxyl groups is 1. The maximum atomic E-state index is 11.8. The molecule has 1 N–H and O–H groups in total. The average molecular weight is 381 g/mol. The van der Waals surface area contributed by atoms with Gasteiger partial charge >= 0.3 is 5.97 Å². The lowest BCUT2D eigenvalue weighted by molar-refractivity contribution is -0.147. The van der Waals surface area contributed by atoms with Crippen molar-refractivity contribution in [3.8, 4) is 0 Å². The highest BCUT2D eigenvalue weighted by Crippen LogP contribution is 2.25. The molecule has 0 aromatic carbocycles. The molecular weight excluding hydrogens is 336 g/mol. The third kappa shape index (κ3) is 11.4. The van der Waals surface area contributed by atoms with Crippen LogP contribution >= 0.6 is 0 Å². The number of rotatable bonds is 17. The Morgan fingerprint density at radius 1 is 0.778 bits per heavy atom. The van der Waals surface area contributed by atoms with E-state index >= 15 is 0 Å². The molecule has 0 amide bonds. The smallest absolute Gasteiger partial charge is 0.337 e. The predicted molar refractivity (Wildman–Crippen MR) is 114 cm³/mol. The van der Waals surface area contributed by atoms with Gasteiger partial charge in [-0.25, -0.2) is 4.79 Å². The maximum absolute atomic E-state index is 11.8. The van der Waals surface area contributed by atoms with Crippen LogP contribution in [0.5, 0.6) is 0 Å². The summed E-state index contributed by atoms with van der Waals surface area (Å²) in [6.07, 6.45) is 22.2. The van der Waals surface area contributed by atoms with Crippen LogP contribution in [0.3, 0.4) is 0 Å². The van der Waals surface area contributed by atoms with E-state index in [0.717, 1.165) is 12.8 Å². The van der Waals surface area contributed by atoms with E-state index in [-0.39, 0.29) is 17.8 Å². The summed E-state index contributed by atoms with van der Waals surface area (Å²) in [7, 11) is 0. The van der Waals surface area contributed by atoms with Crippen molar-refractivity contribution in [1.29, 1.82) is 0 Å². The summed E-state index contributed by atoms with van der Waals surface area (Å²) < 4.78 is 5.42. The molecule has 0 aromatic rings. The van der Waals surface area contributed by atoms with Gasteiger partial charge in [0, 0.05) is 6.42 Å². The summed E-state index contributed by atoms with van der Waals surface area (Å²) in [4.78, 5) is 11.8. The topological polar surface area (TPSA) is 46.5 Å². The van der Waals surface area contributed by atoms with Gasteiger partial charge in [-0.05, 0) is 19.3 Å². The van der Waals surface area contributed by atoms with Crippen LogP contribution in [0.2, 0.25) is 0 Å². The molecule has 0 saturated carbocycles. The number of cyclic esters (lactones) is 1. The highest BCUT2D eigenvalue weighted by atomic mass is 16.5. The Kier molecular flexibility index (Phi) is 14.3. The lowest BCUT2D eigenvalue weighted by Crippen LogP contribution is -2.26. The van der Waals surface area contributed by atoms with E-state index in [1.807, 2.05) is 6.92 Å². The van der Waals surface area contributed by atoms with Crippen LogP contribution in [0, 0.1) is 0 Å². The Bertz CT molecular complexity index is 414. The molecule has 0 radical (unpaired) electrons. The Labute approximate surface area is 168 Å². The summed E-state index contributed by atoms with van der Waals surface area (Å²) in [6, 6.07) is 0. The number of ether oxygens (including phenoxy) is 1. The van der Waals surface area contributed by atoms with Crippen molar-refractivity contribution in [3.05, 3.63) is 11.3 Å². The molecule has 0 aromatic heterocycles. The summed E-state index contributed by atoms with van der Waals surface area (Å²) in [5.41, 5.74) is 0.461. The monoisotopic (exact) mass is 380 g/mol. The molecule has 27 heavy (non-hydrogen) atoms. The van der Waals surface area contributed by atoms with Crippen LogP contribution in [-0.4, -0.2) is 17.2 Å². The quantitative estimate of drug-likeness (QED) is 0.207. The molecule has 0 fully saturated rings. The van der Waals surface area contributed by atoms with Crippen molar-refractivity contribution in [3.63, 3.8) is 0 Å². The minimum absolute atomic E-state index is 0.116. The third-order valence-corrected chi connectivity index (χ3v) is 5.77. The molecule has 0 aliphatic carbocycles. The van der Waals surface area contributed by atoms with Crippen molar-refractivity contribution in [1.82, 2.24) is 0 Å². The van der Waals surface area contributed by atoms with E-state index in [1.54, 1.807) is 0 Å². The third-order valence-electron chi connectivity index (χ3n) is 5.77. The zero-order valence-electron chi connectivity index (χ0n) is 18.1. The van der Waals surface area contributed by atoms with E-state index in [9.17, 15) is 9.90 Å². The van der Waals surface area contributed by atoms with Gasteiger partial charge < -0.3 is 9.84 Å². The molecule has 1 aliphatic heterocycles. The summed E-state index contributed by atoms with van der Waals surface area (Å²) in [6.45, 7) is 4.15. The highest BCUT2D eigenvalue weighted by Gasteiger charge is 2.27. The first-order valence-electron chi connectivity index (χ1n) is 11.8. The van der Waals surface area contributed by atoms with Gasteiger partial charge in [-0.2, -0.15) is 0 Å². The van der Waals surface area contributed by atoms with Gasteiger partial charge in [0.2, 0.25) is 0 Å². The minimum Gasteiger partial charge on any atom is -0.512 e. The van der Waals surface area contributed by atoms with Crippen molar-refractivity contribution < 1.29 is 14.6 Å². The second kappa shape index (κ2) is 16.0. The van der Waals surface area contributed by atoms with E-state index in [1.165, 1.54) is 89.9 Å². The van der Waals surface area contributed by atoms with Crippen molar-refractivity contribution in [2.75, 3.05) is 0 Å². The first-order valence-corrected chi connectivity index (χ1v) is 11.8. The number of esters is 1. The fraction of sp³-hybridized carbons (Fsp3) is 0.875. The first-order chi connectivity index (χ1) is 13.2. The Morgan fingerprint density at radius 2 is 1.22 bits per heavy atom. The number of carbonyl (C=O) groups is 1. The number of unbranched alkanes of at least 4 members (excludes halogenated alkanes) is 14. The van der Waals surface area contributed by atoms with Gasteiger partial charge in [-0.15, -0.1) is 0 Å². The van der Waals surface area contributed by atoms with Crippen LogP contribution in [0.15, 0.2) is 11.3 Å². The Morgan fingerprint density at radius 3 is 1.63 bits per heavy atom. The van der Waals surface area contributed by atoms with Gasteiger partial charge in [-0.3, -0.25) is 0 Å².